The molecule has 0 bridgehead atoms. The van der Waals surface area contributed by atoms with Crippen LogP contribution < -0.4 is 10.6 Å². The fourth-order valence-corrected chi connectivity index (χ4v) is 4.05. The summed E-state index contributed by atoms with van der Waals surface area (Å²) in [6, 6.07) is 1.32. The number of nitrogens with zero attached hydrogens (tertiary/aromatic N) is 4. The molecule has 2 aromatic heterocycles. The fourth-order valence-electron chi connectivity index (χ4n) is 3.34. The van der Waals surface area contributed by atoms with Crippen LogP contribution in [0.4, 0.5) is 0 Å². The minimum Gasteiger partial charge on any atom is -0.352 e. The average molecular weight is 460 g/mol. The van der Waals surface area contributed by atoms with Gasteiger partial charge in [-0.25, -0.2) is 4.98 Å². The zero-order valence-electron chi connectivity index (χ0n) is 14.1. The van der Waals surface area contributed by atoms with E-state index >= 15 is 0 Å². The Kier molecular flexibility index (Phi) is 5.66. The first-order chi connectivity index (χ1) is 11.2. The van der Waals surface area contributed by atoms with Gasteiger partial charge in [0.2, 0.25) is 0 Å². The molecule has 2 aliphatic rings. The Hall–Kier alpha value is -0.870. The molecule has 1 saturated heterocycles. The van der Waals surface area contributed by atoms with Crippen LogP contribution in [0.3, 0.4) is 0 Å². The smallest absolute Gasteiger partial charge is 0.193 e. The number of guanidine groups is 1. The number of nitrogens with one attached hydrogen (secondary N) is 2. The molecule has 8 heteroatoms. The predicted molar refractivity (Wildman–Crippen MR) is 109 cm³/mol. The summed E-state index contributed by atoms with van der Waals surface area (Å²) < 4.78 is 2.06. The summed E-state index contributed by atoms with van der Waals surface area (Å²) in [5, 5.41) is 9.03. The predicted octanol–water partition coefficient (Wildman–Crippen LogP) is 2.16. The quantitative estimate of drug-likeness (QED) is 0.417. The van der Waals surface area contributed by atoms with E-state index < -0.39 is 0 Å². The molecule has 4 rings (SSSR count). The highest BCUT2D eigenvalue weighted by atomic mass is 127. The van der Waals surface area contributed by atoms with E-state index in [-0.39, 0.29) is 24.0 Å². The standard InChI is InChI=1S/C16H24N6S.HI/c1-11-8-22(13-3-4-13)10-14(11)20-15(17-2)18-7-12-9-21-5-6-23-16(21)19-12;/h5-6,9,11,13-14H,3-4,7-8,10H2,1-2H3,(H2,17,18,20);1H. The molecule has 0 aromatic carbocycles. The summed E-state index contributed by atoms with van der Waals surface area (Å²) in [6.45, 7) is 5.36. The van der Waals surface area contributed by atoms with E-state index in [0.29, 0.717) is 18.5 Å². The molecule has 2 unspecified atom stereocenters. The number of imidazole rings is 1. The molecule has 132 valence electrons. The zero-order chi connectivity index (χ0) is 15.8. The first-order valence-electron chi connectivity index (χ1n) is 8.35. The molecule has 0 radical (unpaired) electrons. The van der Waals surface area contributed by atoms with Crippen LogP contribution in [0, 0.1) is 5.92 Å². The molecule has 2 fully saturated rings. The second-order valence-electron chi connectivity index (χ2n) is 6.66. The maximum atomic E-state index is 4.60. The molecule has 1 aliphatic heterocycles. The SMILES string of the molecule is CN=C(NCc1cn2ccsc2n1)NC1CN(C2CC2)CC1C.I. The van der Waals surface area contributed by atoms with E-state index in [0.717, 1.165) is 29.2 Å². The number of likely N-dealkylation sites (tertiary alicyclic amines) is 1. The van der Waals surface area contributed by atoms with Crippen molar-refractivity contribution in [3.8, 4) is 0 Å². The van der Waals surface area contributed by atoms with Crippen LogP contribution in [0.15, 0.2) is 22.8 Å². The summed E-state index contributed by atoms with van der Waals surface area (Å²) in [6.07, 6.45) is 6.86. The lowest BCUT2D eigenvalue weighted by molar-refractivity contribution is 0.315. The van der Waals surface area contributed by atoms with Gasteiger partial charge >= 0.3 is 0 Å². The lowest BCUT2D eigenvalue weighted by Crippen LogP contribution is -2.46. The third-order valence-electron chi connectivity index (χ3n) is 4.83. The van der Waals surface area contributed by atoms with Crippen molar-refractivity contribution in [3.05, 3.63) is 23.5 Å². The summed E-state index contributed by atoms with van der Waals surface area (Å²) in [4.78, 5) is 12.6. The summed E-state index contributed by atoms with van der Waals surface area (Å²) in [5.74, 6) is 1.53. The molecule has 2 aromatic rings. The third-order valence-corrected chi connectivity index (χ3v) is 5.60. The first-order valence-corrected chi connectivity index (χ1v) is 9.23. The molecule has 0 spiro atoms. The van der Waals surface area contributed by atoms with Gasteiger partial charge in [-0.05, 0) is 18.8 Å². The Morgan fingerprint density at radius 3 is 2.96 bits per heavy atom. The molecule has 2 atom stereocenters. The van der Waals surface area contributed by atoms with Gasteiger partial charge in [-0.2, -0.15) is 0 Å². The number of aromatic nitrogens is 2. The number of aliphatic imine (C=N–C) groups is 1. The Labute approximate surface area is 163 Å². The Morgan fingerprint density at radius 2 is 2.25 bits per heavy atom. The van der Waals surface area contributed by atoms with Crippen LogP contribution in [0.2, 0.25) is 0 Å². The van der Waals surface area contributed by atoms with Crippen LogP contribution in [-0.4, -0.2) is 52.5 Å². The highest BCUT2D eigenvalue weighted by Crippen LogP contribution is 2.31. The van der Waals surface area contributed by atoms with Crippen molar-refractivity contribution < 1.29 is 0 Å². The second-order valence-corrected chi connectivity index (χ2v) is 7.54. The molecule has 2 N–H and O–H groups in total. The molecule has 0 amide bonds. The van der Waals surface area contributed by atoms with Crippen LogP contribution in [-0.2, 0) is 6.54 Å². The lowest BCUT2D eigenvalue weighted by Gasteiger charge is -2.20. The number of fused-ring (bicyclic) bond motifs is 1. The van der Waals surface area contributed by atoms with E-state index in [2.05, 4.69) is 43.0 Å². The number of rotatable bonds is 4. The molecular formula is C16H25IN6S. The average Bonchev–Trinajstić information content (AvgIpc) is 3.02. The van der Waals surface area contributed by atoms with Gasteiger partial charge in [0.1, 0.15) is 0 Å². The van der Waals surface area contributed by atoms with Gasteiger partial charge in [0.25, 0.3) is 0 Å². The van der Waals surface area contributed by atoms with Crippen molar-refractivity contribution in [2.24, 2.45) is 10.9 Å². The maximum Gasteiger partial charge on any atom is 0.193 e. The van der Waals surface area contributed by atoms with Crippen LogP contribution in [0.25, 0.3) is 4.96 Å². The fraction of sp³-hybridized carbons (Fsp3) is 0.625. The Balaban J connectivity index is 0.00000169. The van der Waals surface area contributed by atoms with Crippen molar-refractivity contribution in [3.63, 3.8) is 0 Å². The largest absolute Gasteiger partial charge is 0.352 e. The topological polar surface area (TPSA) is 57.0 Å². The molecule has 24 heavy (non-hydrogen) atoms. The highest BCUT2D eigenvalue weighted by molar-refractivity contribution is 14.0. The first kappa shape index (κ1) is 17.9. The molecule has 1 saturated carbocycles. The summed E-state index contributed by atoms with van der Waals surface area (Å²) >= 11 is 1.66. The van der Waals surface area contributed by atoms with Gasteiger partial charge < -0.3 is 10.6 Å². The maximum absolute atomic E-state index is 4.60. The minimum absolute atomic E-state index is 0. The van der Waals surface area contributed by atoms with E-state index in [4.69, 9.17) is 0 Å². The minimum atomic E-state index is 0. The third kappa shape index (κ3) is 3.85. The number of thiazole rings is 1. The van der Waals surface area contributed by atoms with E-state index in [1.807, 2.05) is 18.6 Å². The van der Waals surface area contributed by atoms with Gasteiger partial charge in [0.05, 0.1) is 12.2 Å². The molecule has 6 nitrogen and oxygen atoms in total. The number of halogens is 1. The second kappa shape index (κ2) is 7.57. The number of hydrogen-bond acceptors (Lipinski definition) is 4. The Bertz CT molecular complexity index is 678. The molecule has 3 heterocycles. The van der Waals surface area contributed by atoms with Gasteiger partial charge in [-0.1, -0.05) is 6.92 Å². The summed E-state index contributed by atoms with van der Waals surface area (Å²) in [5.41, 5.74) is 1.04. The monoisotopic (exact) mass is 460 g/mol. The van der Waals surface area contributed by atoms with Gasteiger partial charge in [0.15, 0.2) is 10.9 Å². The molecular weight excluding hydrogens is 435 g/mol. The highest BCUT2D eigenvalue weighted by Gasteiger charge is 2.38. The number of hydrogen-bond donors (Lipinski definition) is 2. The van der Waals surface area contributed by atoms with E-state index in [1.165, 1.54) is 19.4 Å². The van der Waals surface area contributed by atoms with E-state index in [9.17, 15) is 0 Å². The normalized spacial score (nSPS) is 25.0. The van der Waals surface area contributed by atoms with Gasteiger partial charge in [0, 0.05) is 50.0 Å². The van der Waals surface area contributed by atoms with Crippen molar-refractivity contribution in [2.45, 2.75) is 38.4 Å². The zero-order valence-corrected chi connectivity index (χ0v) is 17.3. The van der Waals surface area contributed by atoms with Crippen LogP contribution in [0.5, 0.6) is 0 Å². The van der Waals surface area contributed by atoms with Gasteiger partial charge in [-0.3, -0.25) is 14.3 Å². The van der Waals surface area contributed by atoms with Crippen molar-refractivity contribution >= 4 is 46.2 Å². The van der Waals surface area contributed by atoms with Crippen molar-refractivity contribution in [2.75, 3.05) is 20.1 Å². The van der Waals surface area contributed by atoms with Crippen LogP contribution in [0.1, 0.15) is 25.5 Å². The van der Waals surface area contributed by atoms with Crippen LogP contribution >= 0.6 is 35.3 Å². The molecule has 1 aliphatic carbocycles. The van der Waals surface area contributed by atoms with Crippen molar-refractivity contribution in [1.82, 2.24) is 24.9 Å². The lowest BCUT2D eigenvalue weighted by atomic mass is 10.1. The van der Waals surface area contributed by atoms with Gasteiger partial charge in [-0.15, -0.1) is 35.3 Å². The van der Waals surface area contributed by atoms with Crippen molar-refractivity contribution in [1.29, 1.82) is 0 Å². The summed E-state index contributed by atoms with van der Waals surface area (Å²) in [7, 11) is 1.83. The Morgan fingerprint density at radius 1 is 1.42 bits per heavy atom. The van der Waals surface area contributed by atoms with E-state index in [1.54, 1.807) is 11.3 Å².